The fourth-order valence-electron chi connectivity index (χ4n) is 1.71. The van der Waals surface area contributed by atoms with E-state index in [1.165, 1.54) is 19.1 Å². The van der Waals surface area contributed by atoms with Gasteiger partial charge in [0.05, 0.1) is 20.8 Å². The van der Waals surface area contributed by atoms with Crippen molar-refractivity contribution in [1.82, 2.24) is 10.7 Å². The third-order valence-electron chi connectivity index (χ3n) is 2.75. The summed E-state index contributed by atoms with van der Waals surface area (Å²) >= 11 is 18.7. The quantitative estimate of drug-likeness (QED) is 0.526. The number of hydrogen-bond donors (Lipinski definition) is 3. The molecule has 1 fully saturated rings. The monoisotopic (exact) mass is 408 g/mol. The minimum Gasteiger partial charge on any atom is -0.325 e. The summed E-state index contributed by atoms with van der Waals surface area (Å²) in [6.45, 7) is 1.29. The first-order valence-electron chi connectivity index (χ1n) is 6.52. The summed E-state index contributed by atoms with van der Waals surface area (Å²) in [5.41, 5.74) is 2.51. The van der Waals surface area contributed by atoms with Crippen LogP contribution in [0.2, 0.25) is 15.1 Å². The number of nitrogens with zero attached hydrogens (tertiary/aromatic N) is 1. The highest BCUT2D eigenvalue weighted by molar-refractivity contribution is 8.15. The first kappa shape index (κ1) is 18.9. The zero-order valence-corrected chi connectivity index (χ0v) is 15.2. The van der Waals surface area contributed by atoms with E-state index in [2.05, 4.69) is 21.2 Å². The van der Waals surface area contributed by atoms with E-state index in [1.54, 1.807) is 0 Å². The van der Waals surface area contributed by atoms with Crippen LogP contribution < -0.4 is 16.1 Å². The number of benzene rings is 1. The van der Waals surface area contributed by atoms with Crippen molar-refractivity contribution in [3.05, 3.63) is 27.2 Å². The van der Waals surface area contributed by atoms with Gasteiger partial charge < -0.3 is 10.6 Å². The van der Waals surface area contributed by atoms with Crippen molar-refractivity contribution in [3.8, 4) is 0 Å². The Kier molecular flexibility index (Phi) is 6.34. The number of carbonyl (C=O) groups is 3. The van der Waals surface area contributed by atoms with Gasteiger partial charge in [0.2, 0.25) is 17.7 Å². The Morgan fingerprint density at radius 2 is 1.92 bits per heavy atom. The van der Waals surface area contributed by atoms with Gasteiger partial charge in [-0.15, -0.1) is 5.10 Å². The van der Waals surface area contributed by atoms with Crippen LogP contribution in [0.25, 0.3) is 0 Å². The van der Waals surface area contributed by atoms with Gasteiger partial charge in [-0.3, -0.25) is 14.4 Å². The maximum atomic E-state index is 12.1. The topological polar surface area (TPSA) is 99.7 Å². The van der Waals surface area contributed by atoms with Gasteiger partial charge in [-0.1, -0.05) is 46.6 Å². The summed E-state index contributed by atoms with van der Waals surface area (Å²) in [7, 11) is 0. The molecule has 0 radical (unpaired) electrons. The average Bonchev–Trinajstić information content (AvgIpc) is 2.83. The van der Waals surface area contributed by atoms with Crippen molar-refractivity contribution in [3.63, 3.8) is 0 Å². The molecule has 3 amide bonds. The van der Waals surface area contributed by atoms with Gasteiger partial charge in [0.1, 0.15) is 5.25 Å². The Labute approximate surface area is 156 Å². The normalized spacial score (nSPS) is 18.4. The lowest BCUT2D eigenvalue weighted by atomic mass is 10.2. The smallest absolute Gasteiger partial charge is 0.240 e. The lowest BCUT2D eigenvalue weighted by Crippen LogP contribution is -2.29. The Balaban J connectivity index is 1.98. The molecule has 0 bridgehead atoms. The summed E-state index contributed by atoms with van der Waals surface area (Å²) in [5, 5.41) is 9.06. The minimum atomic E-state index is -0.668. The maximum absolute atomic E-state index is 12.1. The highest BCUT2D eigenvalue weighted by Gasteiger charge is 2.32. The number of rotatable bonds is 4. The average molecular weight is 410 g/mol. The minimum absolute atomic E-state index is 0.105. The molecule has 1 atom stereocenters. The Morgan fingerprint density at radius 3 is 2.58 bits per heavy atom. The predicted octanol–water partition coefficient (Wildman–Crippen LogP) is 2.61. The number of carbonyl (C=O) groups excluding carboxylic acids is 3. The molecular weight excluding hydrogens is 399 g/mol. The molecule has 0 aliphatic carbocycles. The van der Waals surface area contributed by atoms with Crippen molar-refractivity contribution in [2.75, 3.05) is 5.32 Å². The van der Waals surface area contributed by atoms with Crippen LogP contribution in [0, 0.1) is 0 Å². The summed E-state index contributed by atoms with van der Waals surface area (Å²) in [4.78, 5) is 34.7. The SMILES string of the molecule is CC(=O)N/N=C1\NC(=O)[C@H](CC(=O)Nc2cc(Cl)c(Cl)cc2Cl)S1. The zero-order valence-electron chi connectivity index (χ0n) is 12.2. The van der Waals surface area contributed by atoms with Crippen molar-refractivity contribution < 1.29 is 14.4 Å². The highest BCUT2D eigenvalue weighted by atomic mass is 35.5. The first-order valence-corrected chi connectivity index (χ1v) is 8.54. The van der Waals surface area contributed by atoms with E-state index >= 15 is 0 Å². The molecule has 7 nitrogen and oxygen atoms in total. The van der Waals surface area contributed by atoms with Crippen LogP contribution in [-0.2, 0) is 14.4 Å². The van der Waals surface area contributed by atoms with Gasteiger partial charge in [-0.05, 0) is 12.1 Å². The second-order valence-electron chi connectivity index (χ2n) is 4.68. The number of halogens is 3. The largest absolute Gasteiger partial charge is 0.325 e. The van der Waals surface area contributed by atoms with Crippen LogP contribution in [-0.4, -0.2) is 28.1 Å². The first-order chi connectivity index (χ1) is 11.3. The summed E-state index contributed by atoms with van der Waals surface area (Å²) < 4.78 is 0. The molecule has 1 aliphatic rings. The zero-order chi connectivity index (χ0) is 17.9. The fraction of sp³-hybridized carbons (Fsp3) is 0.231. The molecule has 0 aromatic heterocycles. The van der Waals surface area contributed by atoms with Gasteiger partial charge >= 0.3 is 0 Å². The molecule has 0 unspecified atom stereocenters. The van der Waals surface area contributed by atoms with E-state index in [1.807, 2.05) is 0 Å². The molecule has 3 N–H and O–H groups in total. The van der Waals surface area contributed by atoms with Gasteiger partial charge in [0.15, 0.2) is 5.17 Å². The highest BCUT2D eigenvalue weighted by Crippen LogP contribution is 2.32. The molecule has 0 saturated carbocycles. The van der Waals surface area contributed by atoms with Gasteiger partial charge in [0.25, 0.3) is 0 Å². The van der Waals surface area contributed by atoms with Crippen LogP contribution in [0.4, 0.5) is 5.69 Å². The third kappa shape index (κ3) is 5.01. The molecule has 0 spiro atoms. The molecule has 2 rings (SSSR count). The van der Waals surface area contributed by atoms with E-state index in [4.69, 9.17) is 34.8 Å². The Bertz CT molecular complexity index is 741. The number of hydrogen-bond acceptors (Lipinski definition) is 5. The fourth-order valence-corrected chi connectivity index (χ4v) is 3.23. The van der Waals surface area contributed by atoms with Crippen molar-refractivity contribution in [1.29, 1.82) is 0 Å². The molecule has 24 heavy (non-hydrogen) atoms. The van der Waals surface area contributed by atoms with E-state index in [0.29, 0.717) is 5.69 Å². The summed E-state index contributed by atoms with van der Waals surface area (Å²) in [6, 6.07) is 2.84. The number of nitrogens with one attached hydrogen (secondary N) is 3. The second kappa shape index (κ2) is 8.06. The molecule has 1 aliphatic heterocycles. The van der Waals surface area contributed by atoms with Crippen molar-refractivity contribution >= 4 is 75.1 Å². The number of anilines is 1. The molecule has 1 heterocycles. The van der Waals surface area contributed by atoms with E-state index in [-0.39, 0.29) is 38.5 Å². The van der Waals surface area contributed by atoms with Crippen LogP contribution in [0.1, 0.15) is 13.3 Å². The number of amidine groups is 1. The lowest BCUT2D eigenvalue weighted by molar-refractivity contribution is -0.122. The van der Waals surface area contributed by atoms with Crippen LogP contribution in [0.5, 0.6) is 0 Å². The predicted molar refractivity (Wildman–Crippen MR) is 95.5 cm³/mol. The number of hydrazone groups is 1. The number of thioether (sulfide) groups is 1. The molecule has 11 heteroatoms. The standard InChI is InChI=1S/C13H11Cl3N4O3S/c1-5(21)19-20-13-18-12(23)10(24-13)4-11(22)17-9-3-7(15)6(14)2-8(9)16/h2-3,10H,4H2,1H3,(H,17,22)(H,19,21)(H,18,20,23)/t10-/m0/s1. The van der Waals surface area contributed by atoms with E-state index < -0.39 is 11.2 Å². The van der Waals surface area contributed by atoms with Crippen molar-refractivity contribution in [2.45, 2.75) is 18.6 Å². The van der Waals surface area contributed by atoms with E-state index in [0.717, 1.165) is 11.8 Å². The van der Waals surface area contributed by atoms with Crippen molar-refractivity contribution in [2.24, 2.45) is 5.10 Å². The summed E-state index contributed by atoms with van der Waals surface area (Å²) in [6.07, 6.45) is -0.105. The Morgan fingerprint density at radius 1 is 1.25 bits per heavy atom. The lowest BCUT2D eigenvalue weighted by Gasteiger charge is -2.10. The third-order valence-corrected chi connectivity index (χ3v) is 4.86. The molecular formula is C13H11Cl3N4O3S. The Hall–Kier alpha value is -1.48. The molecule has 1 saturated heterocycles. The second-order valence-corrected chi connectivity index (χ2v) is 7.09. The van der Waals surface area contributed by atoms with Gasteiger partial charge in [0, 0.05) is 13.3 Å². The van der Waals surface area contributed by atoms with Crippen LogP contribution in [0.15, 0.2) is 17.2 Å². The number of amides is 3. The summed E-state index contributed by atoms with van der Waals surface area (Å²) in [5.74, 6) is -1.17. The van der Waals surface area contributed by atoms with E-state index in [9.17, 15) is 14.4 Å². The molecule has 128 valence electrons. The molecule has 1 aromatic rings. The molecule has 1 aromatic carbocycles. The van der Waals surface area contributed by atoms with Gasteiger partial charge in [-0.25, -0.2) is 5.43 Å². The van der Waals surface area contributed by atoms with Crippen LogP contribution in [0.3, 0.4) is 0 Å². The van der Waals surface area contributed by atoms with Crippen LogP contribution >= 0.6 is 46.6 Å². The van der Waals surface area contributed by atoms with Gasteiger partial charge in [-0.2, -0.15) is 0 Å². The maximum Gasteiger partial charge on any atom is 0.240 e.